The Hall–Kier alpha value is -3.65. The standard InChI is InChI=1S/C27H29ClN4O4/c1-18(24(33)36-2)16-32-26(34)30-25(31(27(32)35)17-21-7-11-22(28)12-8-21)29-23-13-9-20(10-14-23)15-19-5-3-4-6-19/h7-15,18H,3-6,16-17H2,1-2H3,(H,29,30,34)/t18-/m0/s1. The second kappa shape index (κ2) is 11.4. The van der Waals surface area contributed by atoms with Crippen molar-refractivity contribution in [3.05, 3.63) is 96.8 Å². The van der Waals surface area contributed by atoms with Crippen LogP contribution in [0.3, 0.4) is 0 Å². The summed E-state index contributed by atoms with van der Waals surface area (Å²) in [6, 6.07) is 14.7. The first kappa shape index (κ1) is 25.4. The number of esters is 1. The van der Waals surface area contributed by atoms with E-state index in [-0.39, 0.29) is 18.7 Å². The molecule has 2 aromatic carbocycles. The van der Waals surface area contributed by atoms with Gasteiger partial charge in [0.05, 0.1) is 25.3 Å². The quantitative estimate of drug-likeness (QED) is 0.487. The van der Waals surface area contributed by atoms with Crippen molar-refractivity contribution in [3.63, 3.8) is 0 Å². The molecule has 1 aliphatic rings. The zero-order chi connectivity index (χ0) is 25.7. The first-order valence-electron chi connectivity index (χ1n) is 11.9. The summed E-state index contributed by atoms with van der Waals surface area (Å²) in [5.41, 5.74) is 2.84. The monoisotopic (exact) mass is 508 g/mol. The number of aromatic amines is 1. The molecule has 1 saturated carbocycles. The fourth-order valence-electron chi connectivity index (χ4n) is 4.24. The number of aromatic nitrogens is 3. The molecule has 188 valence electrons. The molecule has 0 unspecified atom stereocenters. The zero-order valence-corrected chi connectivity index (χ0v) is 21.1. The molecule has 0 radical (unpaired) electrons. The number of carbonyl (C=O) groups excluding carboxylic acids is 1. The van der Waals surface area contributed by atoms with Gasteiger partial charge in [-0.25, -0.2) is 19.1 Å². The van der Waals surface area contributed by atoms with Gasteiger partial charge in [-0.2, -0.15) is 0 Å². The van der Waals surface area contributed by atoms with Crippen LogP contribution in [-0.2, 0) is 22.6 Å². The van der Waals surface area contributed by atoms with E-state index in [1.54, 1.807) is 31.2 Å². The molecular formula is C27H29ClN4O4. The largest absolute Gasteiger partial charge is 0.469 e. The number of allylic oxidation sites excluding steroid dienone is 1. The average molecular weight is 509 g/mol. The van der Waals surface area contributed by atoms with Crippen LogP contribution in [0.2, 0.25) is 5.02 Å². The van der Waals surface area contributed by atoms with Crippen LogP contribution < -0.4 is 17.0 Å². The van der Waals surface area contributed by atoms with Crippen LogP contribution in [-0.4, -0.2) is 27.2 Å². The third kappa shape index (κ3) is 6.12. The van der Waals surface area contributed by atoms with E-state index in [0.717, 1.165) is 28.5 Å². The lowest BCUT2D eigenvalue weighted by atomic mass is 10.1. The van der Waals surface area contributed by atoms with Gasteiger partial charge in [0, 0.05) is 11.6 Å². The summed E-state index contributed by atoms with van der Waals surface area (Å²) in [4.78, 5) is 45.5. The zero-order valence-electron chi connectivity index (χ0n) is 20.4. The van der Waals surface area contributed by atoms with Crippen LogP contribution in [0.1, 0.15) is 43.7 Å². The van der Waals surface area contributed by atoms with Crippen molar-refractivity contribution in [2.45, 2.75) is 45.7 Å². The second-order valence-corrected chi connectivity index (χ2v) is 9.43. The number of hydrogen-bond acceptors (Lipinski definition) is 5. The Morgan fingerprint density at radius 3 is 2.39 bits per heavy atom. The van der Waals surface area contributed by atoms with Crippen LogP contribution in [0.15, 0.2) is 68.7 Å². The van der Waals surface area contributed by atoms with Gasteiger partial charge in [0.1, 0.15) is 0 Å². The van der Waals surface area contributed by atoms with E-state index in [9.17, 15) is 14.4 Å². The molecule has 1 aliphatic carbocycles. The molecule has 8 nitrogen and oxygen atoms in total. The number of rotatable bonds is 7. The first-order chi connectivity index (χ1) is 17.3. The Bertz CT molecular complexity index is 1440. The maximum Gasteiger partial charge on any atom is 0.335 e. The van der Waals surface area contributed by atoms with Gasteiger partial charge in [0.2, 0.25) is 5.62 Å². The highest BCUT2D eigenvalue weighted by Crippen LogP contribution is 2.26. The lowest BCUT2D eigenvalue weighted by Crippen LogP contribution is -2.51. The molecule has 9 heteroatoms. The van der Waals surface area contributed by atoms with E-state index < -0.39 is 23.3 Å². The van der Waals surface area contributed by atoms with Gasteiger partial charge in [-0.1, -0.05) is 54.4 Å². The summed E-state index contributed by atoms with van der Waals surface area (Å²) in [6.45, 7) is 1.63. The van der Waals surface area contributed by atoms with E-state index in [1.807, 2.05) is 24.3 Å². The van der Waals surface area contributed by atoms with Crippen molar-refractivity contribution in [2.24, 2.45) is 10.9 Å². The van der Waals surface area contributed by atoms with Crippen molar-refractivity contribution in [1.82, 2.24) is 14.1 Å². The fraction of sp³-hybridized carbons (Fsp3) is 0.333. The minimum Gasteiger partial charge on any atom is -0.469 e. The van der Waals surface area contributed by atoms with Gasteiger partial charge >= 0.3 is 17.3 Å². The van der Waals surface area contributed by atoms with Crippen LogP contribution in [0.4, 0.5) is 5.69 Å². The van der Waals surface area contributed by atoms with Gasteiger partial charge < -0.3 is 4.74 Å². The number of methoxy groups -OCH3 is 1. The molecule has 0 saturated heterocycles. The molecule has 0 bridgehead atoms. The topological polar surface area (TPSA) is 98.4 Å². The lowest BCUT2D eigenvalue weighted by molar-refractivity contribution is -0.145. The Balaban J connectivity index is 1.76. The molecule has 0 amide bonds. The third-order valence-electron chi connectivity index (χ3n) is 6.24. The molecule has 1 fully saturated rings. The van der Waals surface area contributed by atoms with E-state index in [0.29, 0.717) is 10.7 Å². The Labute approximate surface area is 213 Å². The maximum absolute atomic E-state index is 13.4. The molecule has 4 rings (SSSR count). The summed E-state index contributed by atoms with van der Waals surface area (Å²) in [5.74, 6) is -1.19. The van der Waals surface area contributed by atoms with Gasteiger partial charge in [-0.3, -0.25) is 14.3 Å². The molecule has 3 aromatic rings. The minimum absolute atomic E-state index is 0.115. The predicted octanol–water partition coefficient (Wildman–Crippen LogP) is 4.04. The predicted molar refractivity (Wildman–Crippen MR) is 139 cm³/mol. The van der Waals surface area contributed by atoms with E-state index in [2.05, 4.69) is 16.1 Å². The van der Waals surface area contributed by atoms with Crippen molar-refractivity contribution >= 4 is 29.3 Å². The molecule has 1 atom stereocenters. The summed E-state index contributed by atoms with van der Waals surface area (Å²) >= 11 is 6.01. The molecular weight excluding hydrogens is 480 g/mol. The number of nitrogens with zero attached hydrogens (tertiary/aromatic N) is 3. The molecule has 0 aliphatic heterocycles. The number of benzene rings is 2. The normalized spacial score (nSPS) is 14.6. The Kier molecular flexibility index (Phi) is 8.05. The summed E-state index contributed by atoms with van der Waals surface area (Å²) < 4.78 is 7.12. The van der Waals surface area contributed by atoms with Crippen molar-refractivity contribution < 1.29 is 9.53 Å². The number of nitrogens with one attached hydrogen (secondary N) is 1. The number of hydrogen-bond donors (Lipinski definition) is 1. The van der Waals surface area contributed by atoms with E-state index in [4.69, 9.17) is 16.3 Å². The van der Waals surface area contributed by atoms with Gasteiger partial charge in [-0.05, 0) is 61.1 Å². The maximum atomic E-state index is 13.4. The van der Waals surface area contributed by atoms with Crippen LogP contribution in [0.5, 0.6) is 0 Å². The van der Waals surface area contributed by atoms with Gasteiger partial charge in [-0.15, -0.1) is 0 Å². The average Bonchev–Trinajstić information content (AvgIpc) is 3.39. The lowest BCUT2D eigenvalue weighted by Gasteiger charge is -2.14. The minimum atomic E-state index is -0.679. The van der Waals surface area contributed by atoms with Crippen LogP contribution >= 0.6 is 11.6 Å². The summed E-state index contributed by atoms with van der Waals surface area (Å²) in [6.07, 6.45) is 6.98. The molecule has 36 heavy (non-hydrogen) atoms. The summed E-state index contributed by atoms with van der Waals surface area (Å²) in [7, 11) is 1.27. The Morgan fingerprint density at radius 2 is 1.75 bits per heavy atom. The SMILES string of the molecule is COC(=O)[C@@H](C)Cn1c(=O)[nH]/c(=N\c2ccc(C=C3CCCC3)cc2)n(Cc2ccc(Cl)cc2)c1=O. The smallest absolute Gasteiger partial charge is 0.335 e. The van der Waals surface area contributed by atoms with Crippen molar-refractivity contribution in [1.29, 1.82) is 0 Å². The summed E-state index contributed by atoms with van der Waals surface area (Å²) in [5, 5.41) is 0.576. The molecule has 0 spiro atoms. The van der Waals surface area contributed by atoms with Crippen LogP contribution in [0, 0.1) is 5.92 Å². The number of carbonyl (C=O) groups is 1. The van der Waals surface area contributed by atoms with Crippen LogP contribution in [0.25, 0.3) is 6.08 Å². The highest BCUT2D eigenvalue weighted by molar-refractivity contribution is 6.30. The number of H-pyrrole nitrogens is 1. The third-order valence-corrected chi connectivity index (χ3v) is 6.49. The highest BCUT2D eigenvalue weighted by atomic mass is 35.5. The molecule has 1 heterocycles. The van der Waals surface area contributed by atoms with E-state index in [1.165, 1.54) is 30.1 Å². The van der Waals surface area contributed by atoms with Crippen molar-refractivity contribution in [2.75, 3.05) is 7.11 Å². The molecule has 1 N–H and O–H groups in total. The fourth-order valence-corrected chi connectivity index (χ4v) is 4.37. The first-order valence-corrected chi connectivity index (χ1v) is 12.3. The van der Waals surface area contributed by atoms with Gasteiger partial charge in [0.15, 0.2) is 0 Å². The van der Waals surface area contributed by atoms with Crippen molar-refractivity contribution in [3.8, 4) is 0 Å². The highest BCUT2D eigenvalue weighted by Gasteiger charge is 2.18. The molecule has 1 aromatic heterocycles. The number of ether oxygens (including phenoxy) is 1. The Morgan fingerprint density at radius 1 is 1.08 bits per heavy atom. The van der Waals surface area contributed by atoms with E-state index >= 15 is 0 Å². The number of halogens is 1. The second-order valence-electron chi connectivity index (χ2n) is 9.00. The van der Waals surface area contributed by atoms with Gasteiger partial charge in [0.25, 0.3) is 0 Å².